The molecule has 2 aromatic rings. The number of carbonyl (C=O) groups is 1. The first-order chi connectivity index (χ1) is 12.7. The Bertz CT molecular complexity index is 852. The van der Waals surface area contributed by atoms with E-state index in [0.29, 0.717) is 27.3 Å². The Morgan fingerprint density at radius 3 is 2.89 bits per heavy atom. The number of carbonyl (C=O) groups excluding carboxylic acids is 1. The molecule has 1 N–H and O–H groups in total. The first-order valence-electron chi connectivity index (χ1n) is 7.47. The van der Waals surface area contributed by atoms with E-state index < -0.39 is 17.8 Å². The molecule has 0 radical (unpaired) electrons. The average molecular weight is 437 g/mol. The SMILES string of the molecule is C#CCN(C(=O)CCSCC(F)(F)F)c1sc(-c2ccc[n+](O)c2)nc1Cl. The maximum Gasteiger partial charge on any atom is 0.397 e. The average Bonchev–Trinajstić information content (AvgIpc) is 2.97. The highest BCUT2D eigenvalue weighted by atomic mass is 35.5. The maximum atomic E-state index is 12.4. The largest absolute Gasteiger partial charge is 0.397 e. The Labute approximate surface area is 166 Å². The second kappa shape index (κ2) is 9.30. The van der Waals surface area contributed by atoms with E-state index in [1.807, 2.05) is 0 Å². The van der Waals surface area contributed by atoms with Crippen molar-refractivity contribution in [2.24, 2.45) is 0 Å². The van der Waals surface area contributed by atoms with Gasteiger partial charge in [-0.05, 0) is 6.07 Å². The van der Waals surface area contributed by atoms with Crippen LogP contribution in [0.15, 0.2) is 24.5 Å². The third kappa shape index (κ3) is 6.30. The number of nitrogens with zero attached hydrogens (tertiary/aromatic N) is 3. The lowest BCUT2D eigenvalue weighted by atomic mass is 10.3. The summed E-state index contributed by atoms with van der Waals surface area (Å²) in [6, 6.07) is 3.30. The molecule has 0 aromatic carbocycles. The third-order valence-corrected chi connectivity index (χ3v) is 5.65. The fourth-order valence-corrected chi connectivity index (χ4v) is 4.03. The molecule has 0 spiro atoms. The number of hydrogen-bond acceptors (Lipinski definition) is 5. The van der Waals surface area contributed by atoms with Gasteiger partial charge in [-0.15, -0.1) is 6.42 Å². The van der Waals surface area contributed by atoms with E-state index in [1.54, 1.807) is 12.1 Å². The molecule has 0 saturated carbocycles. The predicted octanol–water partition coefficient (Wildman–Crippen LogP) is 3.64. The van der Waals surface area contributed by atoms with Crippen molar-refractivity contribution in [1.29, 1.82) is 0 Å². The van der Waals surface area contributed by atoms with Gasteiger partial charge in [-0.1, -0.05) is 28.9 Å². The third-order valence-electron chi connectivity index (χ3n) is 3.12. The van der Waals surface area contributed by atoms with Gasteiger partial charge < -0.3 is 0 Å². The van der Waals surface area contributed by atoms with Gasteiger partial charge in [-0.3, -0.25) is 14.9 Å². The first-order valence-corrected chi connectivity index (χ1v) is 9.82. The molecule has 2 rings (SSSR count). The van der Waals surface area contributed by atoms with Crippen LogP contribution in [0.25, 0.3) is 10.6 Å². The number of thioether (sulfide) groups is 1. The van der Waals surface area contributed by atoms with Gasteiger partial charge in [0.2, 0.25) is 18.3 Å². The van der Waals surface area contributed by atoms with Crippen molar-refractivity contribution in [2.75, 3.05) is 23.0 Å². The minimum Gasteiger partial charge on any atom is -0.289 e. The monoisotopic (exact) mass is 436 g/mol. The van der Waals surface area contributed by atoms with Crippen LogP contribution in [0.5, 0.6) is 0 Å². The topological polar surface area (TPSA) is 57.3 Å². The summed E-state index contributed by atoms with van der Waals surface area (Å²) in [4.78, 5) is 17.8. The lowest BCUT2D eigenvalue weighted by molar-refractivity contribution is -0.904. The van der Waals surface area contributed by atoms with E-state index in [0.717, 1.165) is 16.1 Å². The molecule has 0 atom stereocenters. The fourth-order valence-electron chi connectivity index (χ4n) is 2.02. The number of hydrogen-bond donors (Lipinski definition) is 1. The molecule has 27 heavy (non-hydrogen) atoms. The zero-order valence-corrected chi connectivity index (χ0v) is 16.1. The second-order valence-electron chi connectivity index (χ2n) is 5.19. The van der Waals surface area contributed by atoms with Crippen LogP contribution in [-0.4, -0.2) is 40.3 Å². The highest BCUT2D eigenvalue weighted by Gasteiger charge is 2.27. The Morgan fingerprint density at radius 2 is 2.26 bits per heavy atom. The van der Waals surface area contributed by atoms with E-state index in [9.17, 15) is 23.2 Å². The molecular weight excluding hydrogens is 423 g/mol. The Balaban J connectivity index is 2.14. The number of aromatic nitrogens is 2. The zero-order chi connectivity index (χ0) is 20.0. The summed E-state index contributed by atoms with van der Waals surface area (Å²) in [6.07, 6.45) is 3.76. The highest BCUT2D eigenvalue weighted by Crippen LogP contribution is 2.37. The number of halogens is 4. The van der Waals surface area contributed by atoms with Crippen LogP contribution < -0.4 is 9.63 Å². The predicted molar refractivity (Wildman–Crippen MR) is 99.1 cm³/mol. The molecule has 2 aromatic heterocycles. The maximum absolute atomic E-state index is 12.4. The molecule has 0 aliphatic carbocycles. The standard InChI is InChI=1S/C16H14ClF3N3O2S2/c1-2-6-23(12(24)5-8-26-10-16(18,19)20)15-13(17)21-14(27-15)11-4-3-7-22(25)9-11/h1,3-4,7,9,25H,5-6,8,10H2/q+1. The van der Waals surface area contributed by atoms with Crippen molar-refractivity contribution in [3.63, 3.8) is 0 Å². The molecule has 0 aliphatic rings. The molecule has 11 heteroatoms. The fraction of sp³-hybridized carbons (Fsp3) is 0.312. The molecule has 2 heterocycles. The van der Waals surface area contributed by atoms with Crippen LogP contribution in [0.2, 0.25) is 5.15 Å². The molecule has 0 unspecified atom stereocenters. The minimum absolute atomic E-state index is 0.00585. The zero-order valence-electron chi connectivity index (χ0n) is 13.7. The Kier molecular flexibility index (Phi) is 7.35. The number of terminal acetylenes is 1. The van der Waals surface area contributed by atoms with Crippen molar-refractivity contribution >= 4 is 45.6 Å². The smallest absolute Gasteiger partial charge is 0.289 e. The van der Waals surface area contributed by atoms with Crippen LogP contribution in [0.1, 0.15) is 6.42 Å². The summed E-state index contributed by atoms with van der Waals surface area (Å²) >= 11 is 7.87. The van der Waals surface area contributed by atoms with Crippen LogP contribution in [0.4, 0.5) is 18.2 Å². The van der Waals surface area contributed by atoms with Crippen LogP contribution >= 0.6 is 34.7 Å². The number of rotatable bonds is 7. The second-order valence-corrected chi connectivity index (χ2v) is 7.63. The van der Waals surface area contributed by atoms with Crippen LogP contribution in [0.3, 0.4) is 0 Å². The molecule has 1 amide bonds. The van der Waals surface area contributed by atoms with Gasteiger partial charge in [0.15, 0.2) is 5.15 Å². The Hall–Kier alpha value is -1.96. The molecular formula is C16H14ClF3N3O2S2+. The summed E-state index contributed by atoms with van der Waals surface area (Å²) < 4.78 is 37.4. The van der Waals surface area contributed by atoms with Crippen molar-refractivity contribution < 1.29 is 27.9 Å². The Morgan fingerprint density at radius 1 is 1.52 bits per heavy atom. The number of pyridine rings is 1. The highest BCUT2D eigenvalue weighted by molar-refractivity contribution is 7.99. The van der Waals surface area contributed by atoms with Gasteiger partial charge >= 0.3 is 6.18 Å². The van der Waals surface area contributed by atoms with E-state index in [4.69, 9.17) is 18.0 Å². The number of alkyl halides is 3. The lowest BCUT2D eigenvalue weighted by Crippen LogP contribution is -2.31. The van der Waals surface area contributed by atoms with Crippen molar-refractivity contribution in [1.82, 2.24) is 4.98 Å². The minimum atomic E-state index is -4.28. The summed E-state index contributed by atoms with van der Waals surface area (Å²) in [5.41, 5.74) is 0.576. The van der Waals surface area contributed by atoms with Crippen molar-refractivity contribution in [3.05, 3.63) is 29.7 Å². The summed E-state index contributed by atoms with van der Waals surface area (Å²) in [5.74, 6) is 0.890. The van der Waals surface area contributed by atoms with Gasteiger partial charge in [-0.25, -0.2) is 4.98 Å². The molecule has 144 valence electrons. The van der Waals surface area contributed by atoms with Crippen molar-refractivity contribution in [3.8, 4) is 22.9 Å². The summed E-state index contributed by atoms with van der Waals surface area (Å²) in [5, 5.41) is 10.3. The molecule has 5 nitrogen and oxygen atoms in total. The number of anilines is 1. The molecule has 0 aliphatic heterocycles. The van der Waals surface area contributed by atoms with E-state index in [-0.39, 0.29) is 23.9 Å². The van der Waals surface area contributed by atoms with Crippen LogP contribution in [0, 0.1) is 12.3 Å². The number of thiazole rings is 1. The van der Waals surface area contributed by atoms with Gasteiger partial charge in [-0.2, -0.15) is 24.9 Å². The van der Waals surface area contributed by atoms with Gasteiger partial charge in [0.1, 0.15) is 10.0 Å². The summed E-state index contributed by atoms with van der Waals surface area (Å²) in [7, 11) is 0. The van der Waals surface area contributed by atoms with Gasteiger partial charge in [0.05, 0.1) is 17.9 Å². The molecule has 0 saturated heterocycles. The normalized spacial score (nSPS) is 11.2. The van der Waals surface area contributed by atoms with E-state index in [2.05, 4.69) is 10.9 Å². The van der Waals surface area contributed by atoms with E-state index >= 15 is 0 Å². The van der Waals surface area contributed by atoms with Crippen molar-refractivity contribution in [2.45, 2.75) is 12.6 Å². The lowest BCUT2D eigenvalue weighted by Gasteiger charge is -2.18. The van der Waals surface area contributed by atoms with E-state index in [1.165, 1.54) is 17.3 Å². The van der Waals surface area contributed by atoms with Gasteiger partial charge in [0, 0.05) is 23.0 Å². The molecule has 0 fully saturated rings. The van der Waals surface area contributed by atoms with Gasteiger partial charge in [0.25, 0.3) is 0 Å². The summed E-state index contributed by atoms with van der Waals surface area (Å²) in [6.45, 7) is -0.0844. The quantitative estimate of drug-likeness (QED) is 0.311. The number of amides is 1. The first kappa shape index (κ1) is 21.3. The molecule has 0 bridgehead atoms. The van der Waals surface area contributed by atoms with Crippen LogP contribution in [-0.2, 0) is 4.79 Å².